The van der Waals surface area contributed by atoms with E-state index in [0.717, 1.165) is 31.7 Å². The van der Waals surface area contributed by atoms with Gasteiger partial charge in [0.25, 0.3) is 0 Å². The van der Waals surface area contributed by atoms with Crippen LogP contribution >= 0.6 is 12.2 Å². The Labute approximate surface area is 101 Å². The summed E-state index contributed by atoms with van der Waals surface area (Å²) in [5.74, 6) is 0. The van der Waals surface area contributed by atoms with E-state index < -0.39 is 0 Å². The number of hydrogen-bond acceptors (Lipinski definition) is 2. The maximum absolute atomic E-state index is 5.50. The Hall–Kier alpha value is -1.13. The van der Waals surface area contributed by atoms with Crippen LogP contribution < -0.4 is 10.6 Å². The van der Waals surface area contributed by atoms with Crippen LogP contribution in [0.25, 0.3) is 0 Å². The highest BCUT2D eigenvalue weighted by Gasteiger charge is 2.15. The van der Waals surface area contributed by atoms with Gasteiger partial charge in [-0.2, -0.15) is 0 Å². The third-order valence-corrected chi connectivity index (χ3v) is 2.79. The van der Waals surface area contributed by atoms with Gasteiger partial charge in [-0.05, 0) is 37.2 Å². The number of ether oxygens (including phenoxy) is 1. The van der Waals surface area contributed by atoms with Crippen LogP contribution in [0.3, 0.4) is 0 Å². The number of nitrogens with one attached hydrogen (secondary N) is 2. The van der Waals surface area contributed by atoms with Gasteiger partial charge in [-0.3, -0.25) is 0 Å². The van der Waals surface area contributed by atoms with Gasteiger partial charge in [0.1, 0.15) is 0 Å². The number of hydrogen-bond donors (Lipinski definition) is 2. The van der Waals surface area contributed by atoms with Gasteiger partial charge >= 0.3 is 0 Å². The van der Waals surface area contributed by atoms with E-state index >= 15 is 0 Å². The van der Waals surface area contributed by atoms with Crippen LogP contribution in [0.1, 0.15) is 12.8 Å². The van der Waals surface area contributed by atoms with Gasteiger partial charge in [-0.25, -0.2) is 0 Å². The van der Waals surface area contributed by atoms with Crippen molar-refractivity contribution in [2.75, 3.05) is 18.5 Å². The van der Waals surface area contributed by atoms with Gasteiger partial charge in [-0.1, -0.05) is 18.2 Å². The molecule has 4 heteroatoms. The summed E-state index contributed by atoms with van der Waals surface area (Å²) in [4.78, 5) is 0. The molecule has 0 spiro atoms. The van der Waals surface area contributed by atoms with Crippen LogP contribution in [-0.4, -0.2) is 24.4 Å². The van der Waals surface area contributed by atoms with Crippen molar-refractivity contribution in [2.45, 2.75) is 18.9 Å². The van der Waals surface area contributed by atoms with Gasteiger partial charge in [0.2, 0.25) is 0 Å². The van der Waals surface area contributed by atoms with Gasteiger partial charge in [0.05, 0.1) is 6.10 Å². The van der Waals surface area contributed by atoms with Gasteiger partial charge < -0.3 is 15.4 Å². The molecule has 1 saturated heterocycles. The molecule has 0 aliphatic carbocycles. The molecule has 16 heavy (non-hydrogen) atoms. The van der Waals surface area contributed by atoms with E-state index in [1.54, 1.807) is 0 Å². The highest BCUT2D eigenvalue weighted by atomic mass is 32.1. The second kappa shape index (κ2) is 5.82. The molecule has 2 N–H and O–H groups in total. The standard InChI is InChI=1S/C12H16N2OS/c16-12(13-9-11-7-4-8-15-11)14-10-5-2-1-3-6-10/h1-3,5-6,11H,4,7-9H2,(H2,13,14,16)/t11-/m0/s1. The molecular formula is C12H16N2OS. The second-order valence-electron chi connectivity index (χ2n) is 3.84. The van der Waals surface area contributed by atoms with Gasteiger partial charge in [-0.15, -0.1) is 0 Å². The second-order valence-corrected chi connectivity index (χ2v) is 4.24. The molecule has 2 rings (SSSR count). The summed E-state index contributed by atoms with van der Waals surface area (Å²) in [7, 11) is 0. The Morgan fingerprint density at radius 3 is 2.88 bits per heavy atom. The van der Waals surface area contributed by atoms with E-state index in [1.807, 2.05) is 30.3 Å². The molecule has 1 heterocycles. The van der Waals surface area contributed by atoms with Crippen LogP contribution in [0.5, 0.6) is 0 Å². The van der Waals surface area contributed by atoms with Crippen LogP contribution in [0, 0.1) is 0 Å². The fraction of sp³-hybridized carbons (Fsp3) is 0.417. The summed E-state index contributed by atoms with van der Waals surface area (Å²) in [6.45, 7) is 1.67. The highest BCUT2D eigenvalue weighted by Crippen LogP contribution is 2.10. The Morgan fingerprint density at radius 2 is 2.19 bits per heavy atom. The minimum Gasteiger partial charge on any atom is -0.376 e. The van der Waals surface area contributed by atoms with Crippen molar-refractivity contribution >= 4 is 23.0 Å². The predicted molar refractivity (Wildman–Crippen MR) is 69.6 cm³/mol. The average molecular weight is 236 g/mol. The summed E-state index contributed by atoms with van der Waals surface area (Å²) >= 11 is 5.19. The average Bonchev–Trinajstić information content (AvgIpc) is 2.81. The molecule has 3 nitrogen and oxygen atoms in total. The summed E-state index contributed by atoms with van der Waals surface area (Å²) in [6, 6.07) is 9.91. The first kappa shape index (κ1) is 11.4. The van der Waals surface area contributed by atoms with Crippen molar-refractivity contribution in [1.29, 1.82) is 0 Å². The Kier molecular flexibility index (Phi) is 4.13. The van der Waals surface area contributed by atoms with Gasteiger partial charge in [0.15, 0.2) is 5.11 Å². The molecule has 0 bridgehead atoms. The lowest BCUT2D eigenvalue weighted by Gasteiger charge is -2.13. The monoisotopic (exact) mass is 236 g/mol. The van der Waals surface area contributed by atoms with Crippen LogP contribution in [0.2, 0.25) is 0 Å². The van der Waals surface area contributed by atoms with E-state index in [9.17, 15) is 0 Å². The number of benzene rings is 1. The SMILES string of the molecule is S=C(NC[C@@H]1CCCO1)Nc1ccccc1. The lowest BCUT2D eigenvalue weighted by Crippen LogP contribution is -2.34. The molecule has 0 saturated carbocycles. The number of thiocarbonyl (C=S) groups is 1. The molecule has 0 radical (unpaired) electrons. The fourth-order valence-electron chi connectivity index (χ4n) is 1.71. The Balaban J connectivity index is 1.72. The molecule has 0 amide bonds. The Bertz CT molecular complexity index is 336. The fourth-order valence-corrected chi connectivity index (χ4v) is 1.91. The van der Waals surface area contributed by atoms with Crippen molar-refractivity contribution in [3.8, 4) is 0 Å². The van der Waals surface area contributed by atoms with E-state index in [-0.39, 0.29) is 0 Å². The zero-order chi connectivity index (χ0) is 11.2. The highest BCUT2D eigenvalue weighted by molar-refractivity contribution is 7.80. The molecule has 1 atom stereocenters. The molecular weight excluding hydrogens is 220 g/mol. The molecule has 0 aromatic heterocycles. The molecule has 1 aliphatic heterocycles. The third-order valence-electron chi connectivity index (χ3n) is 2.55. The van der Waals surface area contributed by atoms with E-state index in [1.165, 1.54) is 0 Å². The minimum absolute atomic E-state index is 0.315. The smallest absolute Gasteiger partial charge is 0.170 e. The first-order chi connectivity index (χ1) is 7.84. The largest absolute Gasteiger partial charge is 0.376 e. The van der Waals surface area contributed by atoms with E-state index in [4.69, 9.17) is 17.0 Å². The summed E-state index contributed by atoms with van der Waals surface area (Å²) in [5.41, 5.74) is 1.01. The van der Waals surface area contributed by atoms with Crippen LogP contribution in [0.4, 0.5) is 5.69 Å². The molecule has 1 fully saturated rings. The summed E-state index contributed by atoms with van der Waals surface area (Å²) in [5, 5.41) is 6.95. The molecule has 1 aromatic rings. The summed E-state index contributed by atoms with van der Waals surface area (Å²) in [6.07, 6.45) is 2.60. The first-order valence-corrected chi connectivity index (χ1v) is 5.97. The lowest BCUT2D eigenvalue weighted by molar-refractivity contribution is 0.114. The van der Waals surface area contributed by atoms with Crippen molar-refractivity contribution in [2.24, 2.45) is 0 Å². The third kappa shape index (κ3) is 3.47. The quantitative estimate of drug-likeness (QED) is 0.788. The zero-order valence-corrected chi connectivity index (χ0v) is 9.93. The first-order valence-electron chi connectivity index (χ1n) is 5.56. The number of rotatable bonds is 3. The molecule has 1 aliphatic rings. The minimum atomic E-state index is 0.315. The maximum Gasteiger partial charge on any atom is 0.170 e. The van der Waals surface area contributed by atoms with Crippen molar-refractivity contribution in [3.63, 3.8) is 0 Å². The van der Waals surface area contributed by atoms with Crippen LogP contribution in [0.15, 0.2) is 30.3 Å². The maximum atomic E-state index is 5.50. The summed E-state index contributed by atoms with van der Waals surface area (Å²) < 4.78 is 5.50. The normalized spacial score (nSPS) is 19.4. The lowest BCUT2D eigenvalue weighted by atomic mass is 10.2. The van der Waals surface area contributed by atoms with Crippen molar-refractivity contribution < 1.29 is 4.74 Å². The number of para-hydroxylation sites is 1. The van der Waals surface area contributed by atoms with E-state index in [0.29, 0.717) is 11.2 Å². The van der Waals surface area contributed by atoms with Crippen LogP contribution in [-0.2, 0) is 4.74 Å². The Morgan fingerprint density at radius 1 is 1.38 bits per heavy atom. The van der Waals surface area contributed by atoms with Gasteiger partial charge in [0, 0.05) is 18.8 Å². The molecule has 1 aromatic carbocycles. The number of anilines is 1. The van der Waals surface area contributed by atoms with E-state index in [2.05, 4.69) is 10.6 Å². The predicted octanol–water partition coefficient (Wildman–Crippen LogP) is 2.15. The van der Waals surface area contributed by atoms with Crippen molar-refractivity contribution in [1.82, 2.24) is 5.32 Å². The van der Waals surface area contributed by atoms with Crippen molar-refractivity contribution in [3.05, 3.63) is 30.3 Å². The zero-order valence-electron chi connectivity index (χ0n) is 9.11. The molecule has 0 unspecified atom stereocenters. The molecule has 86 valence electrons. The topological polar surface area (TPSA) is 33.3 Å².